The van der Waals surface area contributed by atoms with Crippen molar-refractivity contribution in [3.63, 3.8) is 0 Å². The van der Waals surface area contributed by atoms with Crippen molar-refractivity contribution in [2.45, 2.75) is 46.3 Å². The molecule has 18 heavy (non-hydrogen) atoms. The number of pyridine rings is 1. The molecule has 4 heteroatoms. The largest absolute Gasteiger partial charge is 0.506 e. The van der Waals surface area contributed by atoms with E-state index in [1.54, 1.807) is 12.1 Å². The van der Waals surface area contributed by atoms with Crippen LogP contribution in [0.4, 0.5) is 0 Å². The summed E-state index contributed by atoms with van der Waals surface area (Å²) in [5.41, 5.74) is 1.51. The summed E-state index contributed by atoms with van der Waals surface area (Å²) < 4.78 is 0. The molecular formula is C14H24N2O2. The molecule has 1 heterocycles. The molecule has 1 unspecified atom stereocenters. The van der Waals surface area contributed by atoms with Crippen molar-refractivity contribution in [1.82, 2.24) is 10.3 Å². The summed E-state index contributed by atoms with van der Waals surface area (Å²) in [5.74, 6) is 0.529. The molecule has 3 N–H and O–H groups in total. The van der Waals surface area contributed by atoms with Crippen LogP contribution in [0.1, 0.15) is 38.1 Å². The van der Waals surface area contributed by atoms with Gasteiger partial charge in [-0.15, -0.1) is 0 Å². The monoisotopic (exact) mass is 252 g/mol. The Labute approximate surface area is 109 Å². The molecule has 0 aliphatic heterocycles. The van der Waals surface area contributed by atoms with E-state index in [-0.39, 0.29) is 11.9 Å². The number of hydrogen-bond donors (Lipinski definition) is 3. The number of nitrogens with zero attached hydrogens (tertiary/aromatic N) is 1. The number of aryl methyl sites for hydroxylation is 1. The summed E-state index contributed by atoms with van der Waals surface area (Å²) in [6, 6.07) is 3.43. The Bertz CT molecular complexity index is 365. The number of aliphatic hydroxyl groups is 1. The molecular weight excluding hydrogens is 228 g/mol. The average Bonchev–Trinajstić information content (AvgIpc) is 2.35. The fraction of sp³-hybridized carbons (Fsp3) is 0.643. The van der Waals surface area contributed by atoms with E-state index in [9.17, 15) is 10.2 Å². The standard InChI is InChI=1S/C14H24N2O2/c1-4-11(5-2)14(18)9-15-8-12-13(17)7-6-10(3)16-12/h6-7,11,14-15,17-18H,4-5,8-9H2,1-3H3. The number of aromatic nitrogens is 1. The zero-order chi connectivity index (χ0) is 13.5. The first-order valence-corrected chi connectivity index (χ1v) is 6.62. The molecule has 0 aromatic carbocycles. The van der Waals surface area contributed by atoms with E-state index >= 15 is 0 Å². The molecule has 0 spiro atoms. The summed E-state index contributed by atoms with van der Waals surface area (Å²) >= 11 is 0. The number of aliphatic hydroxyl groups excluding tert-OH is 1. The van der Waals surface area contributed by atoms with Gasteiger partial charge in [0.2, 0.25) is 0 Å². The van der Waals surface area contributed by atoms with Gasteiger partial charge >= 0.3 is 0 Å². The van der Waals surface area contributed by atoms with Crippen LogP contribution in [0.3, 0.4) is 0 Å². The van der Waals surface area contributed by atoms with Crippen LogP contribution >= 0.6 is 0 Å². The lowest BCUT2D eigenvalue weighted by Crippen LogP contribution is -2.32. The third kappa shape index (κ3) is 4.27. The molecule has 0 aliphatic carbocycles. The molecule has 102 valence electrons. The van der Waals surface area contributed by atoms with E-state index in [1.807, 2.05) is 6.92 Å². The molecule has 0 aliphatic rings. The van der Waals surface area contributed by atoms with Crippen LogP contribution < -0.4 is 5.32 Å². The molecule has 0 saturated carbocycles. The molecule has 1 aromatic heterocycles. The van der Waals surface area contributed by atoms with Crippen molar-refractivity contribution in [3.05, 3.63) is 23.5 Å². The number of hydrogen-bond acceptors (Lipinski definition) is 4. The molecule has 4 nitrogen and oxygen atoms in total. The highest BCUT2D eigenvalue weighted by Crippen LogP contribution is 2.15. The van der Waals surface area contributed by atoms with Gasteiger partial charge in [-0.05, 0) is 25.0 Å². The predicted octanol–water partition coefficient (Wildman–Crippen LogP) is 1.98. The van der Waals surface area contributed by atoms with E-state index in [4.69, 9.17) is 0 Å². The van der Waals surface area contributed by atoms with Gasteiger partial charge in [0.25, 0.3) is 0 Å². The molecule has 1 rings (SSSR count). The lowest BCUT2D eigenvalue weighted by molar-refractivity contribution is 0.101. The van der Waals surface area contributed by atoms with Crippen molar-refractivity contribution in [1.29, 1.82) is 0 Å². The second-order valence-corrected chi connectivity index (χ2v) is 4.69. The zero-order valence-corrected chi connectivity index (χ0v) is 11.5. The second kappa shape index (κ2) is 7.34. The first-order valence-electron chi connectivity index (χ1n) is 6.62. The Kier molecular flexibility index (Phi) is 6.09. The Morgan fingerprint density at radius 1 is 1.28 bits per heavy atom. The van der Waals surface area contributed by atoms with E-state index in [0.717, 1.165) is 18.5 Å². The second-order valence-electron chi connectivity index (χ2n) is 4.69. The van der Waals surface area contributed by atoms with Gasteiger partial charge in [0, 0.05) is 18.8 Å². The van der Waals surface area contributed by atoms with Crippen LogP contribution in [0, 0.1) is 12.8 Å². The summed E-state index contributed by atoms with van der Waals surface area (Å²) in [7, 11) is 0. The summed E-state index contributed by atoms with van der Waals surface area (Å²) in [6.45, 7) is 7.07. The summed E-state index contributed by atoms with van der Waals surface area (Å²) in [6.07, 6.45) is 1.62. The smallest absolute Gasteiger partial charge is 0.138 e. The molecule has 1 aromatic rings. The Morgan fingerprint density at radius 2 is 1.94 bits per heavy atom. The van der Waals surface area contributed by atoms with E-state index in [1.165, 1.54) is 0 Å². The quantitative estimate of drug-likeness (QED) is 0.694. The minimum atomic E-state index is -0.341. The van der Waals surface area contributed by atoms with Gasteiger partial charge in [0.05, 0.1) is 11.8 Å². The fourth-order valence-electron chi connectivity index (χ4n) is 2.07. The lowest BCUT2D eigenvalue weighted by Gasteiger charge is -2.20. The maximum Gasteiger partial charge on any atom is 0.138 e. The molecule has 0 saturated heterocycles. The Morgan fingerprint density at radius 3 is 2.56 bits per heavy atom. The highest BCUT2D eigenvalue weighted by molar-refractivity contribution is 5.27. The highest BCUT2D eigenvalue weighted by atomic mass is 16.3. The summed E-state index contributed by atoms with van der Waals surface area (Å²) in [4.78, 5) is 4.26. The maximum atomic E-state index is 9.97. The van der Waals surface area contributed by atoms with Gasteiger partial charge < -0.3 is 15.5 Å². The SMILES string of the molecule is CCC(CC)C(O)CNCc1nc(C)ccc1O. The first kappa shape index (κ1) is 14.9. The first-order chi connectivity index (χ1) is 8.58. The summed E-state index contributed by atoms with van der Waals surface area (Å²) in [5, 5.41) is 22.7. The van der Waals surface area contributed by atoms with E-state index in [2.05, 4.69) is 24.1 Å². The fourth-order valence-corrected chi connectivity index (χ4v) is 2.07. The zero-order valence-electron chi connectivity index (χ0n) is 11.5. The Balaban J connectivity index is 2.44. The number of nitrogens with one attached hydrogen (secondary N) is 1. The van der Waals surface area contributed by atoms with Crippen molar-refractivity contribution in [2.24, 2.45) is 5.92 Å². The van der Waals surface area contributed by atoms with Crippen molar-refractivity contribution in [2.75, 3.05) is 6.54 Å². The third-order valence-electron chi connectivity index (χ3n) is 3.33. The third-order valence-corrected chi connectivity index (χ3v) is 3.33. The van der Waals surface area contributed by atoms with Gasteiger partial charge in [0.15, 0.2) is 0 Å². The van der Waals surface area contributed by atoms with Gasteiger partial charge in [0.1, 0.15) is 5.75 Å². The van der Waals surface area contributed by atoms with E-state index < -0.39 is 0 Å². The predicted molar refractivity (Wildman–Crippen MR) is 72.4 cm³/mol. The van der Waals surface area contributed by atoms with Crippen molar-refractivity contribution < 1.29 is 10.2 Å². The number of aromatic hydroxyl groups is 1. The minimum Gasteiger partial charge on any atom is -0.506 e. The van der Waals surface area contributed by atoms with Crippen LogP contribution in [-0.4, -0.2) is 27.8 Å². The van der Waals surface area contributed by atoms with Crippen LogP contribution in [-0.2, 0) is 6.54 Å². The van der Waals surface area contributed by atoms with Gasteiger partial charge in [-0.2, -0.15) is 0 Å². The maximum absolute atomic E-state index is 9.97. The molecule has 0 fully saturated rings. The minimum absolute atomic E-state index is 0.199. The topological polar surface area (TPSA) is 65.4 Å². The highest BCUT2D eigenvalue weighted by Gasteiger charge is 2.15. The average molecular weight is 252 g/mol. The molecule has 0 amide bonds. The van der Waals surface area contributed by atoms with Crippen LogP contribution in [0.25, 0.3) is 0 Å². The van der Waals surface area contributed by atoms with Gasteiger partial charge in [-0.1, -0.05) is 26.7 Å². The molecule has 1 atom stereocenters. The van der Waals surface area contributed by atoms with E-state index in [0.29, 0.717) is 24.7 Å². The normalized spacial score (nSPS) is 12.9. The van der Waals surface area contributed by atoms with Crippen molar-refractivity contribution in [3.8, 4) is 5.75 Å². The van der Waals surface area contributed by atoms with Gasteiger partial charge in [-0.3, -0.25) is 4.98 Å². The van der Waals surface area contributed by atoms with Gasteiger partial charge in [-0.25, -0.2) is 0 Å². The lowest BCUT2D eigenvalue weighted by atomic mass is 9.96. The van der Waals surface area contributed by atoms with Crippen LogP contribution in [0.15, 0.2) is 12.1 Å². The molecule has 0 radical (unpaired) electrons. The number of rotatable bonds is 7. The van der Waals surface area contributed by atoms with Crippen LogP contribution in [0.2, 0.25) is 0 Å². The van der Waals surface area contributed by atoms with Crippen LogP contribution in [0.5, 0.6) is 5.75 Å². The van der Waals surface area contributed by atoms with Crippen molar-refractivity contribution >= 4 is 0 Å². The Hall–Kier alpha value is -1.13. The molecule has 0 bridgehead atoms.